The Balaban J connectivity index is 1.77. The molecule has 0 aliphatic heterocycles. The zero-order chi connectivity index (χ0) is 20.4. The Bertz CT molecular complexity index is 644. The Hall–Kier alpha value is -2.12. The molecule has 7 heteroatoms. The number of aliphatic hydroxyl groups is 1. The van der Waals surface area contributed by atoms with Crippen LogP contribution in [0.25, 0.3) is 0 Å². The predicted molar refractivity (Wildman–Crippen MR) is 112 cm³/mol. The summed E-state index contributed by atoms with van der Waals surface area (Å²) in [6.07, 6.45) is 2.67. The standard InChI is InChI=1S/C21H34N4O3/c1-4-22-21(24-13-19(26)15-28-14-17-8-9-17)23-11-10-16-6-5-7-18(12-16)20(27)25(2)3/h5-7,12,17,19,26H,4,8-11,13-15H2,1-3H3,(H2,22,23,24). The lowest BCUT2D eigenvalue weighted by atomic mass is 10.1. The van der Waals surface area contributed by atoms with Crippen molar-refractivity contribution in [3.63, 3.8) is 0 Å². The van der Waals surface area contributed by atoms with E-state index in [1.807, 2.05) is 31.2 Å². The summed E-state index contributed by atoms with van der Waals surface area (Å²) in [4.78, 5) is 18.1. The van der Waals surface area contributed by atoms with Crippen molar-refractivity contribution in [2.24, 2.45) is 10.9 Å². The maximum atomic E-state index is 12.1. The number of guanidine groups is 1. The van der Waals surface area contributed by atoms with Crippen molar-refractivity contribution in [1.29, 1.82) is 0 Å². The molecule has 0 spiro atoms. The Morgan fingerprint density at radius 1 is 1.36 bits per heavy atom. The van der Waals surface area contributed by atoms with E-state index in [0.717, 1.165) is 25.1 Å². The first-order chi connectivity index (χ1) is 13.5. The highest BCUT2D eigenvalue weighted by molar-refractivity contribution is 5.94. The maximum absolute atomic E-state index is 12.1. The summed E-state index contributed by atoms with van der Waals surface area (Å²) in [6, 6.07) is 7.68. The molecule has 7 nitrogen and oxygen atoms in total. The molecule has 1 aliphatic carbocycles. The molecular weight excluding hydrogens is 356 g/mol. The number of aliphatic hydroxyl groups excluding tert-OH is 1. The highest BCUT2D eigenvalue weighted by Crippen LogP contribution is 2.28. The number of benzene rings is 1. The fraction of sp³-hybridized carbons (Fsp3) is 0.619. The van der Waals surface area contributed by atoms with Crippen molar-refractivity contribution in [3.8, 4) is 0 Å². The van der Waals surface area contributed by atoms with E-state index in [4.69, 9.17) is 4.74 Å². The third-order valence-electron chi connectivity index (χ3n) is 4.45. The van der Waals surface area contributed by atoms with E-state index in [2.05, 4.69) is 15.6 Å². The number of ether oxygens (including phenoxy) is 1. The zero-order valence-corrected chi connectivity index (χ0v) is 17.3. The van der Waals surface area contributed by atoms with Gasteiger partial charge in [0.05, 0.1) is 19.3 Å². The summed E-state index contributed by atoms with van der Waals surface area (Å²) in [6.45, 7) is 4.79. The second-order valence-electron chi connectivity index (χ2n) is 7.43. The number of aliphatic imine (C=N–C) groups is 1. The van der Waals surface area contributed by atoms with Crippen molar-refractivity contribution in [2.45, 2.75) is 32.3 Å². The molecule has 3 N–H and O–H groups in total. The molecule has 1 unspecified atom stereocenters. The number of carbonyl (C=O) groups is 1. The van der Waals surface area contributed by atoms with Crippen LogP contribution >= 0.6 is 0 Å². The first-order valence-corrected chi connectivity index (χ1v) is 10.1. The molecule has 1 saturated carbocycles. The van der Waals surface area contributed by atoms with Crippen molar-refractivity contribution >= 4 is 11.9 Å². The van der Waals surface area contributed by atoms with Crippen LogP contribution in [0.15, 0.2) is 29.3 Å². The molecule has 0 aromatic heterocycles. The van der Waals surface area contributed by atoms with Crippen LogP contribution in [0.4, 0.5) is 0 Å². The molecule has 28 heavy (non-hydrogen) atoms. The largest absolute Gasteiger partial charge is 0.389 e. The van der Waals surface area contributed by atoms with Gasteiger partial charge in [-0.1, -0.05) is 12.1 Å². The number of rotatable bonds is 11. The van der Waals surface area contributed by atoms with Gasteiger partial charge < -0.3 is 25.4 Å². The van der Waals surface area contributed by atoms with Gasteiger partial charge in [-0.25, -0.2) is 0 Å². The van der Waals surface area contributed by atoms with Gasteiger partial charge in [-0.05, 0) is 49.8 Å². The van der Waals surface area contributed by atoms with E-state index in [-0.39, 0.29) is 5.91 Å². The lowest BCUT2D eigenvalue weighted by molar-refractivity contribution is 0.0368. The van der Waals surface area contributed by atoms with Crippen molar-refractivity contribution < 1.29 is 14.6 Å². The summed E-state index contributed by atoms with van der Waals surface area (Å²) >= 11 is 0. The van der Waals surface area contributed by atoms with Crippen LogP contribution < -0.4 is 10.6 Å². The van der Waals surface area contributed by atoms with Gasteiger partial charge in [-0.15, -0.1) is 0 Å². The molecule has 1 aromatic carbocycles. The second-order valence-corrected chi connectivity index (χ2v) is 7.43. The maximum Gasteiger partial charge on any atom is 0.253 e. The number of nitrogens with one attached hydrogen (secondary N) is 2. The normalized spacial score (nSPS) is 15.2. The number of carbonyl (C=O) groups excluding carboxylic acids is 1. The van der Waals surface area contributed by atoms with Crippen LogP contribution in [0, 0.1) is 5.92 Å². The van der Waals surface area contributed by atoms with Gasteiger partial charge in [-0.3, -0.25) is 9.79 Å². The lowest BCUT2D eigenvalue weighted by Gasteiger charge is -2.14. The van der Waals surface area contributed by atoms with E-state index < -0.39 is 6.10 Å². The highest BCUT2D eigenvalue weighted by Gasteiger charge is 2.21. The van der Waals surface area contributed by atoms with Gasteiger partial charge in [0, 0.05) is 39.4 Å². The summed E-state index contributed by atoms with van der Waals surface area (Å²) in [5.41, 5.74) is 1.78. The minimum Gasteiger partial charge on any atom is -0.389 e. The first kappa shape index (κ1) is 22.2. The molecule has 1 aliphatic rings. The van der Waals surface area contributed by atoms with Crippen molar-refractivity contribution in [1.82, 2.24) is 15.5 Å². The molecule has 2 rings (SSSR count). The average Bonchev–Trinajstić information content (AvgIpc) is 3.50. The molecule has 156 valence electrons. The molecule has 0 heterocycles. The Kier molecular flexibility index (Phi) is 9.23. The van der Waals surface area contributed by atoms with Crippen LogP contribution in [0.3, 0.4) is 0 Å². The van der Waals surface area contributed by atoms with E-state index in [0.29, 0.717) is 37.1 Å². The molecule has 0 radical (unpaired) electrons. The van der Waals surface area contributed by atoms with Gasteiger partial charge in [0.1, 0.15) is 0 Å². The van der Waals surface area contributed by atoms with Crippen LogP contribution in [0.1, 0.15) is 35.7 Å². The molecule has 1 amide bonds. The summed E-state index contributed by atoms with van der Waals surface area (Å²) in [5, 5.41) is 16.5. The number of hydrogen-bond donors (Lipinski definition) is 3. The van der Waals surface area contributed by atoms with Crippen molar-refractivity contribution in [3.05, 3.63) is 35.4 Å². The summed E-state index contributed by atoms with van der Waals surface area (Å²) in [7, 11) is 3.50. The second kappa shape index (κ2) is 11.7. The summed E-state index contributed by atoms with van der Waals surface area (Å²) < 4.78 is 5.51. The first-order valence-electron chi connectivity index (χ1n) is 10.1. The third kappa shape index (κ3) is 8.27. The summed E-state index contributed by atoms with van der Waals surface area (Å²) in [5.74, 6) is 1.37. The number of amides is 1. The quantitative estimate of drug-likeness (QED) is 0.391. The number of hydrogen-bond acceptors (Lipinski definition) is 4. The minimum absolute atomic E-state index is 0.00241. The van der Waals surface area contributed by atoms with E-state index in [1.54, 1.807) is 19.0 Å². The minimum atomic E-state index is -0.595. The van der Waals surface area contributed by atoms with Gasteiger partial charge >= 0.3 is 0 Å². The van der Waals surface area contributed by atoms with Crippen LogP contribution in [-0.2, 0) is 11.2 Å². The van der Waals surface area contributed by atoms with Crippen LogP contribution in [-0.4, -0.2) is 74.9 Å². The molecule has 1 aromatic rings. The highest BCUT2D eigenvalue weighted by atomic mass is 16.5. The van der Waals surface area contributed by atoms with E-state index in [1.165, 1.54) is 12.8 Å². The van der Waals surface area contributed by atoms with E-state index >= 15 is 0 Å². The molecule has 1 atom stereocenters. The molecule has 1 fully saturated rings. The van der Waals surface area contributed by atoms with Gasteiger partial charge in [0.15, 0.2) is 5.96 Å². The predicted octanol–water partition coefficient (Wildman–Crippen LogP) is 1.27. The molecule has 0 saturated heterocycles. The Labute approximate surface area is 168 Å². The SMILES string of the molecule is CCNC(=NCC(O)COCC1CC1)NCCc1cccc(C(=O)N(C)C)c1. The number of nitrogens with zero attached hydrogens (tertiary/aromatic N) is 2. The molecule has 0 bridgehead atoms. The van der Waals surface area contributed by atoms with Crippen LogP contribution in [0.5, 0.6) is 0 Å². The van der Waals surface area contributed by atoms with Crippen LogP contribution in [0.2, 0.25) is 0 Å². The van der Waals surface area contributed by atoms with E-state index in [9.17, 15) is 9.90 Å². The third-order valence-corrected chi connectivity index (χ3v) is 4.45. The fourth-order valence-electron chi connectivity index (χ4n) is 2.69. The average molecular weight is 391 g/mol. The Morgan fingerprint density at radius 3 is 2.82 bits per heavy atom. The van der Waals surface area contributed by atoms with Crippen molar-refractivity contribution in [2.75, 3.05) is 46.9 Å². The van der Waals surface area contributed by atoms with Gasteiger partial charge in [-0.2, -0.15) is 0 Å². The van der Waals surface area contributed by atoms with Gasteiger partial charge in [0.25, 0.3) is 5.91 Å². The molecular formula is C21H34N4O3. The Morgan fingerprint density at radius 2 is 2.14 bits per heavy atom. The monoisotopic (exact) mass is 390 g/mol. The topological polar surface area (TPSA) is 86.2 Å². The lowest BCUT2D eigenvalue weighted by Crippen LogP contribution is -2.39. The van der Waals surface area contributed by atoms with Gasteiger partial charge in [0.2, 0.25) is 0 Å². The smallest absolute Gasteiger partial charge is 0.253 e. The zero-order valence-electron chi connectivity index (χ0n) is 17.3. The fourth-order valence-corrected chi connectivity index (χ4v) is 2.69.